The Labute approximate surface area is 121 Å². The van der Waals surface area contributed by atoms with Crippen LogP contribution in [0.2, 0.25) is 0 Å². The molecular weight excluding hydrogens is 270 g/mol. The number of aromatic hydroxyl groups is 1. The van der Waals surface area contributed by atoms with Gasteiger partial charge in [0.05, 0.1) is 0 Å². The van der Waals surface area contributed by atoms with Crippen LogP contribution in [0, 0.1) is 4.77 Å². The van der Waals surface area contributed by atoms with Crippen LogP contribution in [0.4, 0.5) is 0 Å². The van der Waals surface area contributed by atoms with Crippen molar-refractivity contribution < 1.29 is 5.11 Å². The van der Waals surface area contributed by atoms with Gasteiger partial charge in [-0.1, -0.05) is 30.3 Å². The van der Waals surface area contributed by atoms with Crippen LogP contribution in [0.25, 0.3) is 5.69 Å². The highest BCUT2D eigenvalue weighted by atomic mass is 32.1. The molecule has 0 spiro atoms. The van der Waals surface area contributed by atoms with Crippen LogP contribution in [0.3, 0.4) is 0 Å². The van der Waals surface area contributed by atoms with Crippen molar-refractivity contribution in [3.63, 3.8) is 0 Å². The molecule has 4 nitrogen and oxygen atoms in total. The summed E-state index contributed by atoms with van der Waals surface area (Å²) in [5.41, 5.74) is 2.05. The van der Waals surface area contributed by atoms with E-state index in [9.17, 15) is 5.11 Å². The number of benzene rings is 2. The molecule has 0 saturated heterocycles. The Morgan fingerprint density at radius 1 is 1.05 bits per heavy atom. The second-order valence-corrected chi connectivity index (χ2v) is 4.85. The molecule has 0 aliphatic rings. The van der Waals surface area contributed by atoms with Crippen LogP contribution >= 0.6 is 12.2 Å². The van der Waals surface area contributed by atoms with Gasteiger partial charge in [-0.2, -0.15) is 5.10 Å². The third-order valence-corrected chi connectivity index (χ3v) is 3.33. The number of H-pyrrole nitrogens is 1. The SMILES string of the molecule is Oc1ccc(Cc2n[nH]c(=S)n2-c2ccccc2)cc1. The van der Waals surface area contributed by atoms with Gasteiger partial charge < -0.3 is 5.11 Å². The summed E-state index contributed by atoms with van der Waals surface area (Å²) in [6.45, 7) is 0. The molecule has 0 amide bonds. The fourth-order valence-electron chi connectivity index (χ4n) is 2.09. The minimum atomic E-state index is 0.260. The molecule has 0 aliphatic heterocycles. The molecule has 0 saturated carbocycles. The molecule has 0 aliphatic carbocycles. The third-order valence-electron chi connectivity index (χ3n) is 3.05. The quantitative estimate of drug-likeness (QED) is 0.726. The lowest BCUT2D eigenvalue weighted by Gasteiger charge is -2.06. The Hall–Kier alpha value is -2.40. The number of phenolic OH excluding ortho intramolecular Hbond substituents is 1. The lowest BCUT2D eigenvalue weighted by atomic mass is 10.1. The summed E-state index contributed by atoms with van der Waals surface area (Å²) < 4.78 is 2.49. The van der Waals surface area contributed by atoms with Crippen molar-refractivity contribution in [1.82, 2.24) is 14.8 Å². The molecule has 20 heavy (non-hydrogen) atoms. The molecule has 0 atom stereocenters. The van der Waals surface area contributed by atoms with E-state index >= 15 is 0 Å². The number of aromatic nitrogens is 3. The predicted octanol–water partition coefficient (Wildman–Crippen LogP) is 3.23. The summed E-state index contributed by atoms with van der Waals surface area (Å²) >= 11 is 5.30. The minimum Gasteiger partial charge on any atom is -0.508 e. The van der Waals surface area contributed by atoms with Gasteiger partial charge in [0.25, 0.3) is 0 Å². The van der Waals surface area contributed by atoms with Crippen molar-refractivity contribution in [2.45, 2.75) is 6.42 Å². The van der Waals surface area contributed by atoms with E-state index in [1.165, 1.54) is 0 Å². The van der Waals surface area contributed by atoms with Gasteiger partial charge in [-0.15, -0.1) is 0 Å². The zero-order valence-electron chi connectivity index (χ0n) is 10.7. The molecule has 1 aromatic heterocycles. The van der Waals surface area contributed by atoms with E-state index in [2.05, 4.69) is 10.2 Å². The van der Waals surface area contributed by atoms with Gasteiger partial charge >= 0.3 is 0 Å². The number of aromatic amines is 1. The predicted molar refractivity (Wildman–Crippen MR) is 79.7 cm³/mol. The Bertz CT molecular complexity index is 760. The first kappa shape index (κ1) is 12.6. The average Bonchev–Trinajstić information content (AvgIpc) is 2.83. The average molecular weight is 283 g/mol. The van der Waals surface area contributed by atoms with Crippen molar-refractivity contribution in [3.05, 3.63) is 70.8 Å². The summed E-state index contributed by atoms with van der Waals surface area (Å²) in [5.74, 6) is 1.10. The van der Waals surface area contributed by atoms with Crippen LogP contribution in [0.1, 0.15) is 11.4 Å². The number of rotatable bonds is 3. The van der Waals surface area contributed by atoms with Gasteiger partial charge in [-0.3, -0.25) is 9.67 Å². The second kappa shape index (κ2) is 5.30. The Morgan fingerprint density at radius 3 is 2.45 bits per heavy atom. The van der Waals surface area contributed by atoms with Crippen LogP contribution in [0.5, 0.6) is 5.75 Å². The fraction of sp³-hybridized carbons (Fsp3) is 0.0667. The Morgan fingerprint density at radius 2 is 1.75 bits per heavy atom. The third kappa shape index (κ3) is 2.48. The minimum absolute atomic E-state index is 0.260. The summed E-state index contributed by atoms with van der Waals surface area (Å²) in [4.78, 5) is 0. The first-order valence-electron chi connectivity index (χ1n) is 6.23. The van der Waals surface area contributed by atoms with Crippen LogP contribution in [-0.2, 0) is 6.42 Å². The molecule has 5 heteroatoms. The van der Waals surface area contributed by atoms with E-state index in [1.807, 2.05) is 47.0 Å². The Kier molecular flexibility index (Phi) is 3.35. The van der Waals surface area contributed by atoms with Crippen LogP contribution in [0.15, 0.2) is 54.6 Å². The molecule has 0 fully saturated rings. The maximum Gasteiger partial charge on any atom is 0.199 e. The number of nitrogens with one attached hydrogen (secondary N) is 1. The largest absolute Gasteiger partial charge is 0.508 e. The molecule has 0 unspecified atom stereocenters. The lowest BCUT2D eigenvalue weighted by Crippen LogP contribution is -2.02. The van der Waals surface area contributed by atoms with Gasteiger partial charge in [-0.25, -0.2) is 0 Å². The van der Waals surface area contributed by atoms with Crippen molar-refractivity contribution in [3.8, 4) is 11.4 Å². The van der Waals surface area contributed by atoms with E-state index in [0.717, 1.165) is 17.1 Å². The second-order valence-electron chi connectivity index (χ2n) is 4.46. The highest BCUT2D eigenvalue weighted by molar-refractivity contribution is 7.71. The maximum absolute atomic E-state index is 9.32. The first-order valence-corrected chi connectivity index (χ1v) is 6.64. The highest BCUT2D eigenvalue weighted by Gasteiger charge is 2.08. The summed E-state index contributed by atoms with van der Waals surface area (Å²) in [5, 5.41) is 16.4. The van der Waals surface area contributed by atoms with E-state index in [1.54, 1.807) is 12.1 Å². The van der Waals surface area contributed by atoms with Gasteiger partial charge in [0.2, 0.25) is 0 Å². The molecule has 3 aromatic rings. The number of nitrogens with zero attached hydrogens (tertiary/aromatic N) is 2. The molecule has 0 bridgehead atoms. The molecule has 2 N–H and O–H groups in total. The fourth-order valence-corrected chi connectivity index (χ4v) is 2.34. The zero-order chi connectivity index (χ0) is 13.9. The molecular formula is C15H13N3OS. The number of phenols is 1. The monoisotopic (exact) mass is 283 g/mol. The summed E-state index contributed by atoms with van der Waals surface area (Å²) in [7, 11) is 0. The zero-order valence-corrected chi connectivity index (χ0v) is 11.5. The van der Waals surface area contributed by atoms with Gasteiger partial charge in [-0.05, 0) is 42.0 Å². The lowest BCUT2D eigenvalue weighted by molar-refractivity contribution is 0.475. The van der Waals surface area contributed by atoms with E-state index < -0.39 is 0 Å². The van der Waals surface area contributed by atoms with E-state index in [4.69, 9.17) is 12.2 Å². The topological polar surface area (TPSA) is 53.8 Å². The van der Waals surface area contributed by atoms with Gasteiger partial charge in [0.1, 0.15) is 11.6 Å². The number of para-hydroxylation sites is 1. The van der Waals surface area contributed by atoms with Crippen molar-refractivity contribution in [2.75, 3.05) is 0 Å². The Balaban J connectivity index is 1.99. The van der Waals surface area contributed by atoms with Crippen molar-refractivity contribution in [2.24, 2.45) is 0 Å². The van der Waals surface area contributed by atoms with Crippen molar-refractivity contribution >= 4 is 12.2 Å². The van der Waals surface area contributed by atoms with Crippen LogP contribution in [-0.4, -0.2) is 19.9 Å². The molecule has 100 valence electrons. The normalized spacial score (nSPS) is 10.6. The number of hydrogen-bond donors (Lipinski definition) is 2. The highest BCUT2D eigenvalue weighted by Crippen LogP contribution is 2.16. The maximum atomic E-state index is 9.32. The van der Waals surface area contributed by atoms with E-state index in [0.29, 0.717) is 11.2 Å². The number of hydrogen-bond acceptors (Lipinski definition) is 3. The van der Waals surface area contributed by atoms with Crippen molar-refractivity contribution in [1.29, 1.82) is 0 Å². The van der Waals surface area contributed by atoms with E-state index in [-0.39, 0.29) is 5.75 Å². The van der Waals surface area contributed by atoms with Gasteiger partial charge in [0.15, 0.2) is 4.77 Å². The van der Waals surface area contributed by atoms with Gasteiger partial charge in [0, 0.05) is 12.1 Å². The molecule has 1 heterocycles. The molecule has 0 radical (unpaired) electrons. The molecule has 2 aromatic carbocycles. The molecule has 3 rings (SSSR count). The first-order chi connectivity index (χ1) is 9.74. The van der Waals surface area contributed by atoms with Crippen LogP contribution < -0.4 is 0 Å². The standard InChI is InChI=1S/C15H13N3OS/c19-13-8-6-11(7-9-13)10-14-16-17-15(20)18(14)12-4-2-1-3-5-12/h1-9,19H,10H2,(H,17,20). The smallest absolute Gasteiger partial charge is 0.199 e. The summed E-state index contributed by atoms with van der Waals surface area (Å²) in [6, 6.07) is 17.0. The summed E-state index contributed by atoms with van der Waals surface area (Å²) in [6.07, 6.45) is 0.641.